The molecule has 1 N–H and O–H groups in total. The number of tetrazole rings is 1. The maximum atomic E-state index is 12.9. The molecular formula is C15H17F3N4O3S. The Morgan fingerprint density at radius 3 is 2.46 bits per heavy atom. The lowest BCUT2D eigenvalue weighted by atomic mass is 9.97. The number of aromatic nitrogens is 4. The first kappa shape index (κ1) is 20.0. The fourth-order valence-corrected chi connectivity index (χ4v) is 3.61. The summed E-state index contributed by atoms with van der Waals surface area (Å²) in [5.74, 6) is -2.16. The second-order valence-electron chi connectivity index (χ2n) is 5.94. The molecule has 1 aromatic carbocycles. The van der Waals surface area contributed by atoms with Crippen LogP contribution in [0.5, 0.6) is 0 Å². The zero-order chi connectivity index (χ0) is 19.4. The number of hydrogen-bond acceptors (Lipinski definition) is 6. The summed E-state index contributed by atoms with van der Waals surface area (Å²) in [7, 11) is -3.97. The summed E-state index contributed by atoms with van der Waals surface area (Å²) in [5, 5.41) is 20.3. The van der Waals surface area contributed by atoms with Gasteiger partial charge >= 0.3 is 6.08 Å². The summed E-state index contributed by atoms with van der Waals surface area (Å²) in [5.41, 5.74) is -1.21. The number of halogens is 3. The van der Waals surface area contributed by atoms with Gasteiger partial charge in [-0.05, 0) is 42.3 Å². The van der Waals surface area contributed by atoms with Crippen molar-refractivity contribution in [1.82, 2.24) is 20.2 Å². The smallest absolute Gasteiger partial charge is 0.301 e. The maximum Gasteiger partial charge on any atom is 0.301 e. The van der Waals surface area contributed by atoms with Crippen LogP contribution in [0.15, 0.2) is 47.4 Å². The molecule has 0 spiro atoms. The van der Waals surface area contributed by atoms with Crippen LogP contribution in [0, 0.1) is 0 Å². The van der Waals surface area contributed by atoms with E-state index in [1.165, 1.54) is 6.92 Å². The third kappa shape index (κ3) is 5.11. The first-order chi connectivity index (χ1) is 12.1. The molecule has 11 heteroatoms. The van der Waals surface area contributed by atoms with Gasteiger partial charge in [0, 0.05) is 6.42 Å². The van der Waals surface area contributed by atoms with E-state index in [4.69, 9.17) is 0 Å². The Morgan fingerprint density at radius 1 is 1.19 bits per heavy atom. The number of para-hydroxylation sites is 1. The zero-order valence-corrected chi connectivity index (χ0v) is 14.6. The Bertz CT molecular complexity index is 879. The van der Waals surface area contributed by atoms with Crippen LogP contribution in [0.4, 0.5) is 13.2 Å². The number of hydrogen-bond donors (Lipinski definition) is 1. The highest BCUT2D eigenvalue weighted by molar-refractivity contribution is 7.91. The molecule has 0 bridgehead atoms. The number of allylic oxidation sites excluding steroid dienone is 1. The molecule has 0 aliphatic carbocycles. The Hall–Kier alpha value is -2.27. The monoisotopic (exact) mass is 390 g/mol. The van der Waals surface area contributed by atoms with Crippen LogP contribution >= 0.6 is 0 Å². The Morgan fingerprint density at radius 2 is 1.85 bits per heavy atom. The van der Waals surface area contributed by atoms with Crippen LogP contribution < -0.4 is 0 Å². The summed E-state index contributed by atoms with van der Waals surface area (Å²) < 4.78 is 63.1. The third-order valence-corrected chi connectivity index (χ3v) is 5.27. The zero-order valence-electron chi connectivity index (χ0n) is 13.8. The van der Waals surface area contributed by atoms with Gasteiger partial charge < -0.3 is 5.11 Å². The summed E-state index contributed by atoms with van der Waals surface area (Å²) in [6, 6.07) is 8.35. The van der Waals surface area contributed by atoms with E-state index in [-0.39, 0.29) is 12.8 Å². The van der Waals surface area contributed by atoms with E-state index < -0.39 is 44.7 Å². The molecule has 1 heterocycles. The lowest BCUT2D eigenvalue weighted by molar-refractivity contribution is 0.0461. The van der Waals surface area contributed by atoms with Crippen LogP contribution in [0.25, 0.3) is 5.69 Å². The number of benzene rings is 1. The molecule has 1 atom stereocenters. The van der Waals surface area contributed by atoms with Crippen LogP contribution in [0.3, 0.4) is 0 Å². The van der Waals surface area contributed by atoms with Crippen LogP contribution in [0.1, 0.15) is 26.2 Å². The average Bonchev–Trinajstić information content (AvgIpc) is 3.10. The van der Waals surface area contributed by atoms with Gasteiger partial charge in [0.05, 0.1) is 17.0 Å². The molecule has 0 fully saturated rings. The van der Waals surface area contributed by atoms with Crippen molar-refractivity contribution in [3.63, 3.8) is 0 Å². The lowest BCUT2D eigenvalue weighted by Crippen LogP contribution is -2.28. The Kier molecular flexibility index (Phi) is 6.13. The van der Waals surface area contributed by atoms with Gasteiger partial charge in [0.1, 0.15) is 0 Å². The van der Waals surface area contributed by atoms with E-state index in [0.717, 1.165) is 4.68 Å². The van der Waals surface area contributed by atoms with E-state index in [1.54, 1.807) is 30.3 Å². The molecule has 0 radical (unpaired) electrons. The normalized spacial score (nSPS) is 14.0. The summed E-state index contributed by atoms with van der Waals surface area (Å²) >= 11 is 0. The second-order valence-corrected chi connectivity index (χ2v) is 7.94. The number of nitrogens with zero attached hydrogens (tertiary/aromatic N) is 4. The van der Waals surface area contributed by atoms with Gasteiger partial charge in [-0.2, -0.15) is 13.5 Å². The minimum atomic E-state index is -3.97. The number of sulfone groups is 1. The molecule has 0 saturated heterocycles. The predicted octanol–water partition coefficient (Wildman–Crippen LogP) is 2.43. The fraction of sp³-hybridized carbons (Fsp3) is 0.400. The third-order valence-electron chi connectivity index (χ3n) is 3.72. The Labute approximate surface area is 148 Å². The van der Waals surface area contributed by atoms with Gasteiger partial charge in [0.2, 0.25) is 9.84 Å². The minimum absolute atomic E-state index is 0.293. The van der Waals surface area contributed by atoms with E-state index in [2.05, 4.69) is 15.5 Å². The largest absolute Gasteiger partial charge is 0.390 e. The van der Waals surface area contributed by atoms with E-state index in [1.807, 2.05) is 0 Å². The summed E-state index contributed by atoms with van der Waals surface area (Å²) in [6.07, 6.45) is -3.78. The standard InChI is InChI=1S/C15H17F3N4O3S/c1-15(23,8-7-12(16)13(17)18)9-10-26(24,25)14-19-20-21-22(14)11-5-3-2-4-6-11/h2-6,23H,7-10H2,1H3. The predicted molar refractivity (Wildman–Crippen MR) is 86.0 cm³/mol. The topological polar surface area (TPSA) is 98.0 Å². The molecule has 1 aromatic heterocycles. The van der Waals surface area contributed by atoms with Crippen LogP contribution in [0.2, 0.25) is 0 Å². The number of aliphatic hydroxyl groups is 1. The molecule has 1 unspecified atom stereocenters. The van der Waals surface area contributed by atoms with Gasteiger partial charge in [-0.1, -0.05) is 23.3 Å². The molecule has 0 saturated carbocycles. The first-order valence-electron chi connectivity index (χ1n) is 7.61. The molecule has 2 rings (SSSR count). The molecular weight excluding hydrogens is 373 g/mol. The summed E-state index contributed by atoms with van der Waals surface area (Å²) in [6.45, 7) is 1.26. The van der Waals surface area contributed by atoms with Crippen molar-refractivity contribution in [2.45, 2.75) is 36.9 Å². The molecule has 7 nitrogen and oxygen atoms in total. The Balaban J connectivity index is 2.11. The van der Waals surface area contributed by atoms with Crippen molar-refractivity contribution in [2.75, 3.05) is 5.75 Å². The van der Waals surface area contributed by atoms with Crippen LogP contribution in [-0.2, 0) is 9.84 Å². The number of rotatable bonds is 8. The van der Waals surface area contributed by atoms with Gasteiger partial charge in [-0.3, -0.25) is 0 Å². The van der Waals surface area contributed by atoms with E-state index in [9.17, 15) is 26.7 Å². The minimum Gasteiger partial charge on any atom is -0.390 e. The van der Waals surface area contributed by atoms with Crippen molar-refractivity contribution in [3.8, 4) is 5.69 Å². The molecule has 0 aliphatic heterocycles. The maximum absolute atomic E-state index is 12.9. The van der Waals surface area contributed by atoms with E-state index in [0.29, 0.717) is 5.69 Å². The van der Waals surface area contributed by atoms with Gasteiger partial charge in [-0.15, -0.1) is 0 Å². The highest BCUT2D eigenvalue weighted by Crippen LogP contribution is 2.25. The van der Waals surface area contributed by atoms with Gasteiger partial charge in [-0.25, -0.2) is 12.8 Å². The second kappa shape index (κ2) is 7.96. The lowest BCUT2D eigenvalue weighted by Gasteiger charge is -2.22. The SMILES string of the molecule is CC(O)(CCC(F)=C(F)F)CCS(=O)(=O)c1nnnn1-c1ccccc1. The van der Waals surface area contributed by atoms with E-state index >= 15 is 0 Å². The van der Waals surface area contributed by atoms with Crippen molar-refractivity contribution < 1.29 is 26.7 Å². The summed E-state index contributed by atoms with van der Waals surface area (Å²) in [4.78, 5) is 0. The molecule has 26 heavy (non-hydrogen) atoms. The van der Waals surface area contributed by atoms with Gasteiger partial charge in [0.15, 0.2) is 5.83 Å². The highest BCUT2D eigenvalue weighted by Gasteiger charge is 2.29. The fourth-order valence-electron chi connectivity index (χ4n) is 2.15. The van der Waals surface area contributed by atoms with Crippen molar-refractivity contribution in [3.05, 3.63) is 42.2 Å². The quantitative estimate of drug-likeness (QED) is 0.743. The van der Waals surface area contributed by atoms with Crippen LogP contribution in [-0.4, -0.2) is 45.1 Å². The van der Waals surface area contributed by atoms with Crippen molar-refractivity contribution >= 4 is 9.84 Å². The first-order valence-corrected chi connectivity index (χ1v) is 9.26. The molecule has 2 aromatic rings. The molecule has 0 amide bonds. The van der Waals surface area contributed by atoms with Crippen molar-refractivity contribution in [1.29, 1.82) is 0 Å². The average molecular weight is 390 g/mol. The van der Waals surface area contributed by atoms with Crippen molar-refractivity contribution in [2.24, 2.45) is 0 Å². The van der Waals surface area contributed by atoms with Gasteiger partial charge in [0.25, 0.3) is 5.16 Å². The molecule has 142 valence electrons. The highest BCUT2D eigenvalue weighted by atomic mass is 32.2. The molecule has 0 aliphatic rings.